The Hall–Kier alpha value is -3.35. The van der Waals surface area contributed by atoms with Crippen molar-refractivity contribution in [2.45, 2.75) is 76.6 Å². The normalized spacial score (nSPS) is 19.7. The minimum atomic E-state index is -4.75. The summed E-state index contributed by atoms with van der Waals surface area (Å²) in [6.45, 7) is 9.42. The van der Waals surface area contributed by atoms with Crippen molar-refractivity contribution in [3.8, 4) is 0 Å². The highest BCUT2D eigenvalue weighted by molar-refractivity contribution is 6.33. The monoisotopic (exact) mass is 704 g/mol. The number of piperidine rings is 2. The fraction of sp³-hybridized carbons (Fsp3) is 0.583. The second-order valence-corrected chi connectivity index (χ2v) is 14.0. The van der Waals surface area contributed by atoms with E-state index in [0.29, 0.717) is 64.2 Å². The number of amides is 3. The number of fused-ring (bicyclic) bond motifs is 1. The van der Waals surface area contributed by atoms with Crippen LogP contribution >= 0.6 is 11.6 Å². The van der Waals surface area contributed by atoms with Gasteiger partial charge in [0.05, 0.1) is 16.3 Å². The van der Waals surface area contributed by atoms with Gasteiger partial charge in [0.2, 0.25) is 5.91 Å². The first-order valence-corrected chi connectivity index (χ1v) is 17.8. The van der Waals surface area contributed by atoms with Crippen LogP contribution in [-0.2, 0) is 28.6 Å². The Balaban J connectivity index is 1.41. The molecule has 0 aromatic heterocycles. The molecule has 0 bridgehead atoms. The van der Waals surface area contributed by atoms with E-state index in [2.05, 4.69) is 24.1 Å². The molecule has 2 saturated heterocycles. The number of nitrogen functional groups attached to an aromatic ring is 1. The summed E-state index contributed by atoms with van der Waals surface area (Å²) in [6, 6.07) is 9.77. The summed E-state index contributed by atoms with van der Waals surface area (Å²) in [5.74, 6) is 0.167. The lowest BCUT2D eigenvalue weighted by Gasteiger charge is -2.49. The van der Waals surface area contributed by atoms with Gasteiger partial charge in [-0.25, -0.2) is 4.79 Å². The van der Waals surface area contributed by atoms with Gasteiger partial charge in [-0.15, -0.1) is 0 Å². The first-order chi connectivity index (χ1) is 23.4. The number of nitrogens with zero attached hydrogens (tertiary/aromatic N) is 4. The van der Waals surface area contributed by atoms with Crippen LogP contribution < -0.4 is 11.1 Å². The lowest BCUT2D eigenvalue weighted by molar-refractivity contribution is -0.149. The molecule has 3 N–H and O–H groups in total. The molecule has 3 heterocycles. The van der Waals surface area contributed by atoms with Crippen molar-refractivity contribution in [3.63, 3.8) is 0 Å². The lowest BCUT2D eigenvalue weighted by atomic mass is 9.81. The van der Waals surface area contributed by atoms with Crippen LogP contribution in [-0.4, -0.2) is 102 Å². The van der Waals surface area contributed by atoms with Gasteiger partial charge >= 0.3 is 12.2 Å². The van der Waals surface area contributed by atoms with E-state index >= 15 is 0 Å². The molecule has 3 aliphatic heterocycles. The Morgan fingerprint density at radius 1 is 1.04 bits per heavy atom. The number of alkyl halides is 3. The lowest BCUT2D eigenvalue weighted by Crippen LogP contribution is -2.64. The number of carbonyl (C=O) groups excluding carboxylic acids is 3. The van der Waals surface area contributed by atoms with Crippen LogP contribution in [0.25, 0.3) is 0 Å². The Bertz CT molecular complexity index is 1490. The number of para-hydroxylation sites is 1. The van der Waals surface area contributed by atoms with Crippen molar-refractivity contribution in [3.05, 3.63) is 58.1 Å². The number of nitrogens with one attached hydrogen (secondary N) is 1. The predicted octanol–water partition coefficient (Wildman–Crippen LogP) is 5.95. The summed E-state index contributed by atoms with van der Waals surface area (Å²) < 4.78 is 42.1. The summed E-state index contributed by atoms with van der Waals surface area (Å²) in [5.41, 5.74) is 4.73. The van der Waals surface area contributed by atoms with Crippen molar-refractivity contribution in [1.29, 1.82) is 0 Å². The molecule has 0 radical (unpaired) electrons. The highest BCUT2D eigenvalue weighted by Crippen LogP contribution is 2.40. The third-order valence-corrected chi connectivity index (χ3v) is 11.1. The van der Waals surface area contributed by atoms with E-state index in [1.54, 1.807) is 4.90 Å². The molecule has 49 heavy (non-hydrogen) atoms. The van der Waals surface area contributed by atoms with Crippen molar-refractivity contribution in [2.24, 2.45) is 5.92 Å². The molecule has 9 nitrogen and oxygen atoms in total. The van der Waals surface area contributed by atoms with E-state index in [1.807, 2.05) is 34.1 Å². The second kappa shape index (κ2) is 15.7. The SMILES string of the molecule is CCN(CC)CC1CCN(C(=O)C(CC=O)(Cc2cc(Cl)c(N)c(C(F)(F)F)c2)N2CCC(N3CCc4ccccc4NC3=O)CC2)CC1. The van der Waals surface area contributed by atoms with Crippen molar-refractivity contribution >= 4 is 41.2 Å². The van der Waals surface area contributed by atoms with Crippen molar-refractivity contribution in [2.75, 3.05) is 63.4 Å². The van der Waals surface area contributed by atoms with Crippen LogP contribution in [0.1, 0.15) is 62.6 Å². The van der Waals surface area contributed by atoms with Crippen LogP contribution in [0, 0.1) is 5.92 Å². The summed E-state index contributed by atoms with van der Waals surface area (Å²) in [5, 5.41) is 2.78. The highest BCUT2D eigenvalue weighted by atomic mass is 35.5. The zero-order valence-corrected chi connectivity index (χ0v) is 29.2. The Labute approximate surface area is 291 Å². The van der Waals surface area contributed by atoms with Crippen LogP contribution in [0.5, 0.6) is 0 Å². The summed E-state index contributed by atoms with van der Waals surface area (Å²) >= 11 is 6.24. The zero-order valence-electron chi connectivity index (χ0n) is 28.4. The standard InChI is InChI=1S/C36H48ClF3N6O3/c1-3-43(4-2)24-25-9-15-44(16-10-25)33(48)35(14-20-47,23-26-21-29(36(38,39)40)32(41)30(37)22-26)45-17-12-28(13-18-45)46-19-11-27-7-5-6-8-31(27)42-34(46)49/h5-8,20-22,25,28H,3-4,9-19,23-24,41H2,1-2H3,(H,42,49). The third-order valence-electron chi connectivity index (χ3n) is 10.8. The Morgan fingerprint density at radius 3 is 2.35 bits per heavy atom. The van der Waals surface area contributed by atoms with Gasteiger partial charge in [-0.05, 0) is 80.4 Å². The maximum absolute atomic E-state index is 14.8. The van der Waals surface area contributed by atoms with Crippen LogP contribution in [0.3, 0.4) is 0 Å². The number of urea groups is 1. The molecule has 1 atom stereocenters. The number of anilines is 2. The summed E-state index contributed by atoms with van der Waals surface area (Å²) in [4.78, 5) is 48.5. The molecule has 2 aromatic rings. The number of likely N-dealkylation sites (tertiary alicyclic amines) is 2. The van der Waals surface area contributed by atoms with E-state index in [9.17, 15) is 27.6 Å². The third kappa shape index (κ3) is 8.18. The predicted molar refractivity (Wildman–Crippen MR) is 186 cm³/mol. The Morgan fingerprint density at radius 2 is 1.71 bits per heavy atom. The van der Waals surface area contributed by atoms with Crippen LogP contribution in [0.2, 0.25) is 5.02 Å². The average Bonchev–Trinajstić information content (AvgIpc) is 3.26. The molecule has 5 rings (SSSR count). The summed E-state index contributed by atoms with van der Waals surface area (Å²) in [6.07, 6.45) is -0.999. The van der Waals surface area contributed by atoms with Gasteiger partial charge in [-0.2, -0.15) is 13.2 Å². The minimum absolute atomic E-state index is 0.104. The molecule has 268 valence electrons. The maximum Gasteiger partial charge on any atom is 0.418 e. The molecule has 0 saturated carbocycles. The zero-order chi connectivity index (χ0) is 35.3. The minimum Gasteiger partial charge on any atom is -0.397 e. The largest absolute Gasteiger partial charge is 0.418 e. The first-order valence-electron chi connectivity index (χ1n) is 17.4. The van der Waals surface area contributed by atoms with Crippen molar-refractivity contribution < 1.29 is 27.6 Å². The Kier molecular flexibility index (Phi) is 11.8. The quantitative estimate of drug-likeness (QED) is 0.222. The number of hydrogen-bond acceptors (Lipinski definition) is 6. The number of hydrogen-bond donors (Lipinski definition) is 2. The van der Waals surface area contributed by atoms with Gasteiger partial charge in [0.25, 0.3) is 0 Å². The van der Waals surface area contributed by atoms with Gasteiger partial charge in [0.1, 0.15) is 11.8 Å². The van der Waals surface area contributed by atoms with E-state index < -0.39 is 23.0 Å². The molecule has 13 heteroatoms. The van der Waals surface area contributed by atoms with Gasteiger partial charge in [-0.1, -0.05) is 43.6 Å². The van der Waals surface area contributed by atoms with Crippen LogP contribution in [0.15, 0.2) is 36.4 Å². The van der Waals surface area contributed by atoms with Gasteiger partial charge in [0, 0.05) is 63.8 Å². The molecule has 0 aliphatic carbocycles. The van der Waals surface area contributed by atoms with Gasteiger partial charge in [0.15, 0.2) is 0 Å². The van der Waals surface area contributed by atoms with Crippen LogP contribution in [0.4, 0.5) is 29.3 Å². The van der Waals surface area contributed by atoms with Crippen molar-refractivity contribution in [1.82, 2.24) is 19.6 Å². The fourth-order valence-corrected chi connectivity index (χ4v) is 8.14. The molecular formula is C36H48ClF3N6O3. The van der Waals surface area contributed by atoms with E-state index in [4.69, 9.17) is 17.3 Å². The molecule has 0 spiro atoms. The molecule has 1 unspecified atom stereocenters. The molecule has 3 aliphatic rings. The maximum atomic E-state index is 14.8. The smallest absolute Gasteiger partial charge is 0.397 e. The number of halogens is 4. The first kappa shape index (κ1) is 36.9. The number of nitrogens with two attached hydrogens (primary N) is 1. The number of rotatable bonds is 11. The van der Waals surface area contributed by atoms with E-state index in [-0.39, 0.29) is 41.4 Å². The fourth-order valence-electron chi connectivity index (χ4n) is 7.90. The van der Waals surface area contributed by atoms with E-state index in [0.717, 1.165) is 49.8 Å². The molecule has 3 amide bonds. The second-order valence-electron chi connectivity index (χ2n) is 13.6. The average molecular weight is 705 g/mol. The topological polar surface area (TPSA) is 102 Å². The summed E-state index contributed by atoms with van der Waals surface area (Å²) in [7, 11) is 0. The molecule has 2 aromatic carbocycles. The molecule has 2 fully saturated rings. The number of aldehydes is 1. The molecular weight excluding hydrogens is 657 g/mol. The number of benzene rings is 2. The van der Waals surface area contributed by atoms with Gasteiger partial charge < -0.3 is 30.5 Å². The van der Waals surface area contributed by atoms with E-state index in [1.165, 1.54) is 6.07 Å². The number of carbonyl (C=O) groups is 3. The highest BCUT2D eigenvalue weighted by Gasteiger charge is 2.49. The van der Waals surface area contributed by atoms with Gasteiger partial charge in [-0.3, -0.25) is 9.69 Å².